The zero-order valence-electron chi connectivity index (χ0n) is 8.41. The molecule has 1 aliphatic heterocycles. The number of carbonyl (C=O) groups is 1. The molecule has 0 unspecified atom stereocenters. The molecule has 1 amide bonds. The Morgan fingerprint density at radius 3 is 2.69 bits per heavy atom. The highest BCUT2D eigenvalue weighted by Gasteiger charge is 2.30. The van der Waals surface area contributed by atoms with Crippen molar-refractivity contribution >= 4 is 17.7 Å². The first-order valence-corrected chi connectivity index (χ1v) is 5.52. The minimum absolute atomic E-state index is 0.128. The molecule has 1 aliphatic rings. The molecule has 0 radical (unpaired) electrons. The maximum Gasteiger partial charge on any atom is 0.251 e. The molecule has 0 aromatic heterocycles. The molecule has 1 rings (SSSR count). The molecule has 0 aliphatic carbocycles. The van der Waals surface area contributed by atoms with Crippen LogP contribution in [-0.2, 0) is 4.79 Å². The van der Waals surface area contributed by atoms with Crippen LogP contribution in [0.25, 0.3) is 0 Å². The van der Waals surface area contributed by atoms with Crippen LogP contribution in [0.5, 0.6) is 0 Å². The zero-order chi connectivity index (χ0) is 10.1. The summed E-state index contributed by atoms with van der Waals surface area (Å²) in [6.45, 7) is 7.27. The van der Waals surface area contributed by atoms with E-state index in [1.807, 2.05) is 11.8 Å². The quantitative estimate of drug-likeness (QED) is 0.682. The van der Waals surface area contributed by atoms with E-state index in [9.17, 15) is 4.79 Å². The maximum absolute atomic E-state index is 11.5. The van der Waals surface area contributed by atoms with E-state index >= 15 is 0 Å². The average Bonchev–Trinajstić information content (AvgIpc) is 2.01. The van der Waals surface area contributed by atoms with Crippen molar-refractivity contribution in [2.24, 2.45) is 0 Å². The SMILES string of the molecule is C[C@H](O)C(=O)N1CCSC(C)(C)C1. The second kappa shape index (κ2) is 3.88. The lowest BCUT2D eigenvalue weighted by atomic mass is 10.1. The summed E-state index contributed by atoms with van der Waals surface area (Å²) >= 11 is 1.88. The van der Waals surface area contributed by atoms with Crippen molar-refractivity contribution in [3.63, 3.8) is 0 Å². The van der Waals surface area contributed by atoms with Crippen LogP contribution in [-0.4, -0.2) is 45.6 Å². The molecule has 76 valence electrons. The Kier molecular flexibility index (Phi) is 3.24. The predicted molar refractivity (Wildman–Crippen MR) is 54.8 cm³/mol. The van der Waals surface area contributed by atoms with E-state index < -0.39 is 6.10 Å². The topological polar surface area (TPSA) is 40.5 Å². The minimum Gasteiger partial charge on any atom is -0.384 e. The van der Waals surface area contributed by atoms with Crippen molar-refractivity contribution < 1.29 is 9.90 Å². The summed E-state index contributed by atoms with van der Waals surface area (Å²) in [4.78, 5) is 13.2. The number of nitrogens with zero attached hydrogens (tertiary/aromatic N) is 1. The van der Waals surface area contributed by atoms with Crippen molar-refractivity contribution in [3.8, 4) is 0 Å². The lowest BCUT2D eigenvalue weighted by molar-refractivity contribution is -0.139. The van der Waals surface area contributed by atoms with Gasteiger partial charge in [-0.2, -0.15) is 11.8 Å². The minimum atomic E-state index is -0.862. The smallest absolute Gasteiger partial charge is 0.251 e. The van der Waals surface area contributed by atoms with Gasteiger partial charge in [0, 0.05) is 23.6 Å². The van der Waals surface area contributed by atoms with Gasteiger partial charge in [0.2, 0.25) is 0 Å². The van der Waals surface area contributed by atoms with Crippen molar-refractivity contribution in [1.82, 2.24) is 4.90 Å². The summed E-state index contributed by atoms with van der Waals surface area (Å²) in [5.74, 6) is 0.819. The third kappa shape index (κ3) is 2.88. The third-order valence-electron chi connectivity index (χ3n) is 2.09. The number of thioether (sulfide) groups is 1. The van der Waals surface area contributed by atoms with E-state index in [0.29, 0.717) is 0 Å². The van der Waals surface area contributed by atoms with E-state index in [4.69, 9.17) is 5.11 Å². The zero-order valence-corrected chi connectivity index (χ0v) is 9.23. The molecule has 1 atom stereocenters. The van der Waals surface area contributed by atoms with E-state index in [2.05, 4.69) is 13.8 Å². The number of hydrogen-bond acceptors (Lipinski definition) is 3. The summed E-state index contributed by atoms with van der Waals surface area (Å²) in [6.07, 6.45) is -0.862. The van der Waals surface area contributed by atoms with Crippen molar-refractivity contribution in [3.05, 3.63) is 0 Å². The van der Waals surface area contributed by atoms with Gasteiger partial charge in [0.05, 0.1) is 0 Å². The molecular formula is C9H17NO2S. The number of rotatable bonds is 1. The molecule has 1 N–H and O–H groups in total. The summed E-state index contributed by atoms with van der Waals surface area (Å²) in [7, 11) is 0. The Morgan fingerprint density at radius 1 is 1.62 bits per heavy atom. The van der Waals surface area contributed by atoms with Crippen molar-refractivity contribution in [1.29, 1.82) is 0 Å². The second-order valence-corrected chi connectivity index (χ2v) is 5.85. The molecule has 1 heterocycles. The van der Waals surface area contributed by atoms with Crippen molar-refractivity contribution in [2.75, 3.05) is 18.8 Å². The molecule has 0 bridgehead atoms. The maximum atomic E-state index is 11.5. The highest BCUT2D eigenvalue weighted by atomic mass is 32.2. The van der Waals surface area contributed by atoms with Gasteiger partial charge in [0.1, 0.15) is 6.10 Å². The molecule has 0 aromatic rings. The highest BCUT2D eigenvalue weighted by Crippen LogP contribution is 2.29. The molecule has 0 aromatic carbocycles. The van der Waals surface area contributed by atoms with Gasteiger partial charge in [-0.15, -0.1) is 0 Å². The van der Waals surface area contributed by atoms with Crippen LogP contribution in [0.4, 0.5) is 0 Å². The molecule has 3 nitrogen and oxygen atoms in total. The molecule has 13 heavy (non-hydrogen) atoms. The third-order valence-corrected chi connectivity index (χ3v) is 3.39. The molecular weight excluding hydrogens is 186 g/mol. The number of amides is 1. The van der Waals surface area contributed by atoms with Crippen LogP contribution in [0.15, 0.2) is 0 Å². The fraction of sp³-hybridized carbons (Fsp3) is 0.889. The molecule has 0 saturated carbocycles. The summed E-state index contributed by atoms with van der Waals surface area (Å²) < 4.78 is 0.128. The standard InChI is InChI=1S/C9H17NO2S/c1-7(11)8(12)10-4-5-13-9(2,3)6-10/h7,11H,4-6H2,1-3H3/t7-/m0/s1. The molecule has 4 heteroatoms. The van der Waals surface area contributed by atoms with Crippen molar-refractivity contribution in [2.45, 2.75) is 31.6 Å². The van der Waals surface area contributed by atoms with Gasteiger partial charge < -0.3 is 10.0 Å². The lowest BCUT2D eigenvalue weighted by Crippen LogP contribution is -2.49. The Balaban J connectivity index is 2.57. The first-order valence-electron chi connectivity index (χ1n) is 4.53. The summed E-state index contributed by atoms with van der Waals surface area (Å²) in [5.41, 5.74) is 0. The molecule has 1 fully saturated rings. The monoisotopic (exact) mass is 203 g/mol. The Labute approximate surface area is 83.5 Å². The van der Waals surface area contributed by atoms with Crippen LogP contribution in [0, 0.1) is 0 Å². The normalized spacial score (nSPS) is 24.2. The van der Waals surface area contributed by atoms with Crippen LogP contribution < -0.4 is 0 Å². The van der Waals surface area contributed by atoms with Gasteiger partial charge >= 0.3 is 0 Å². The van der Waals surface area contributed by atoms with Gasteiger partial charge in [0.25, 0.3) is 5.91 Å². The van der Waals surface area contributed by atoms with E-state index in [1.54, 1.807) is 4.90 Å². The summed E-state index contributed by atoms with van der Waals surface area (Å²) in [6, 6.07) is 0. The van der Waals surface area contributed by atoms with Crippen LogP contribution >= 0.6 is 11.8 Å². The number of aliphatic hydroxyl groups excluding tert-OH is 1. The van der Waals surface area contributed by atoms with Crippen LogP contribution in [0.1, 0.15) is 20.8 Å². The van der Waals surface area contributed by atoms with Gasteiger partial charge in [-0.3, -0.25) is 4.79 Å². The van der Waals surface area contributed by atoms with Crippen LogP contribution in [0.2, 0.25) is 0 Å². The van der Waals surface area contributed by atoms with Gasteiger partial charge in [-0.25, -0.2) is 0 Å². The Hall–Kier alpha value is -0.220. The van der Waals surface area contributed by atoms with Gasteiger partial charge in [-0.05, 0) is 20.8 Å². The Morgan fingerprint density at radius 2 is 2.23 bits per heavy atom. The van der Waals surface area contributed by atoms with Crippen LogP contribution in [0.3, 0.4) is 0 Å². The van der Waals surface area contributed by atoms with Gasteiger partial charge in [0.15, 0.2) is 0 Å². The average molecular weight is 203 g/mol. The first kappa shape index (κ1) is 10.9. The van der Waals surface area contributed by atoms with E-state index in [0.717, 1.165) is 18.8 Å². The largest absolute Gasteiger partial charge is 0.384 e. The Bertz CT molecular complexity index is 204. The summed E-state index contributed by atoms with van der Waals surface area (Å²) in [5, 5.41) is 9.15. The van der Waals surface area contributed by atoms with Gasteiger partial charge in [-0.1, -0.05) is 0 Å². The predicted octanol–water partition coefficient (Wildman–Crippen LogP) is 0.721. The number of carbonyl (C=O) groups excluding carboxylic acids is 1. The lowest BCUT2D eigenvalue weighted by Gasteiger charge is -2.38. The fourth-order valence-electron chi connectivity index (χ4n) is 1.47. The number of hydrogen-bond donors (Lipinski definition) is 1. The second-order valence-electron chi connectivity index (χ2n) is 4.04. The van der Waals surface area contributed by atoms with E-state index in [1.165, 1.54) is 6.92 Å². The highest BCUT2D eigenvalue weighted by molar-refractivity contribution is 8.00. The fourth-order valence-corrected chi connectivity index (χ4v) is 2.58. The molecule has 1 saturated heterocycles. The first-order chi connectivity index (χ1) is 5.92. The number of aliphatic hydroxyl groups is 1. The molecule has 0 spiro atoms. The van der Waals surface area contributed by atoms with E-state index in [-0.39, 0.29) is 10.7 Å².